The molecule has 5 rings (SSSR count). The number of nitrogens with zero attached hydrogens (tertiary/aromatic N) is 2. The average Bonchev–Trinajstić information content (AvgIpc) is 3.11. The highest BCUT2D eigenvalue weighted by Crippen LogP contribution is 2.28. The molecule has 0 radical (unpaired) electrons. The van der Waals surface area contributed by atoms with Gasteiger partial charge in [-0.1, -0.05) is 146 Å². The first-order valence-electron chi connectivity index (χ1n) is 14.7. The molecule has 0 atom stereocenters. The molecule has 5 aromatic carbocycles. The Bertz CT molecular complexity index is 1800. The molecule has 0 saturated heterocycles. The van der Waals surface area contributed by atoms with Gasteiger partial charge in [-0.05, 0) is 33.4 Å². The summed E-state index contributed by atoms with van der Waals surface area (Å²) in [6, 6.07) is 51.4. The molecule has 0 aliphatic rings. The lowest BCUT2D eigenvalue weighted by Gasteiger charge is -2.14. The second-order valence-electron chi connectivity index (χ2n) is 10.4. The fourth-order valence-corrected chi connectivity index (χ4v) is 5.25. The lowest BCUT2D eigenvalue weighted by atomic mass is 9.93. The lowest BCUT2D eigenvalue weighted by molar-refractivity contribution is -0.117. The van der Waals surface area contributed by atoms with Gasteiger partial charge in [-0.25, -0.2) is 0 Å². The molecule has 5 nitrogen and oxygen atoms in total. The Hall–Kier alpha value is -6.01. The van der Waals surface area contributed by atoms with Gasteiger partial charge in [-0.3, -0.25) is 4.79 Å². The lowest BCUT2D eigenvalue weighted by Crippen LogP contribution is -2.25. The highest BCUT2D eigenvalue weighted by molar-refractivity contribution is 6.08. The molecule has 0 aliphatic carbocycles. The smallest absolute Gasteiger partial charge is 0.262 e. The molecule has 0 saturated carbocycles. The molecule has 0 unspecified atom stereocenters. The SMILES string of the molecule is N#CC(CNCc1cccc(CNC(=O)C(C#N)=C(c2ccccc2)c2ccccc2)c1)=C(c1ccccc1)c1ccccc1. The monoisotopic (exact) mass is 584 g/mol. The Morgan fingerprint density at radius 2 is 0.978 bits per heavy atom. The van der Waals surface area contributed by atoms with Crippen molar-refractivity contribution in [3.63, 3.8) is 0 Å². The van der Waals surface area contributed by atoms with Gasteiger partial charge in [0.05, 0.1) is 11.6 Å². The third-order valence-electron chi connectivity index (χ3n) is 7.35. The van der Waals surface area contributed by atoms with E-state index in [9.17, 15) is 15.3 Å². The van der Waals surface area contributed by atoms with Crippen LogP contribution < -0.4 is 10.6 Å². The zero-order valence-electron chi connectivity index (χ0n) is 24.8. The number of carbonyl (C=O) groups is 1. The van der Waals surface area contributed by atoms with Gasteiger partial charge < -0.3 is 10.6 Å². The third-order valence-corrected chi connectivity index (χ3v) is 7.35. The number of nitrogens with one attached hydrogen (secondary N) is 2. The van der Waals surface area contributed by atoms with Crippen LogP contribution in [0.25, 0.3) is 11.1 Å². The van der Waals surface area contributed by atoms with Crippen molar-refractivity contribution >= 4 is 17.1 Å². The number of nitriles is 2. The maximum Gasteiger partial charge on any atom is 0.262 e. The summed E-state index contributed by atoms with van der Waals surface area (Å²) >= 11 is 0. The van der Waals surface area contributed by atoms with Gasteiger partial charge in [0.25, 0.3) is 5.91 Å². The van der Waals surface area contributed by atoms with Gasteiger partial charge in [0, 0.05) is 30.8 Å². The minimum Gasteiger partial charge on any atom is -0.347 e. The first-order valence-corrected chi connectivity index (χ1v) is 14.7. The zero-order chi connectivity index (χ0) is 31.3. The fourth-order valence-electron chi connectivity index (χ4n) is 5.25. The topological polar surface area (TPSA) is 88.7 Å². The van der Waals surface area contributed by atoms with E-state index < -0.39 is 5.91 Å². The molecule has 2 N–H and O–H groups in total. The van der Waals surface area contributed by atoms with E-state index in [1.54, 1.807) is 0 Å². The average molecular weight is 585 g/mol. The summed E-state index contributed by atoms with van der Waals surface area (Å²) in [6.07, 6.45) is 0. The largest absolute Gasteiger partial charge is 0.347 e. The third kappa shape index (κ3) is 7.89. The van der Waals surface area contributed by atoms with Crippen LogP contribution in [0.3, 0.4) is 0 Å². The highest BCUT2D eigenvalue weighted by Gasteiger charge is 2.18. The number of hydrogen-bond acceptors (Lipinski definition) is 4. The summed E-state index contributed by atoms with van der Waals surface area (Å²) in [5.74, 6) is -0.429. The minimum absolute atomic E-state index is 0.0636. The maximum atomic E-state index is 13.4. The standard InChI is InChI=1S/C40H32N4O/c41-25-36(38(32-16-5-1-6-17-32)33-18-7-2-8-19-33)29-43-27-30-14-13-15-31(24-30)28-44-40(45)37(26-42)39(34-20-9-3-10-21-34)35-22-11-4-12-23-35/h1-24,43H,27-29H2,(H,44,45). The van der Waals surface area contributed by atoms with E-state index >= 15 is 0 Å². The zero-order valence-corrected chi connectivity index (χ0v) is 24.8. The van der Waals surface area contributed by atoms with Gasteiger partial charge in [0.15, 0.2) is 0 Å². The number of hydrogen-bond donors (Lipinski definition) is 2. The van der Waals surface area contributed by atoms with Crippen molar-refractivity contribution in [1.82, 2.24) is 10.6 Å². The molecule has 0 spiro atoms. The maximum absolute atomic E-state index is 13.4. The predicted molar refractivity (Wildman–Crippen MR) is 179 cm³/mol. The van der Waals surface area contributed by atoms with Gasteiger partial charge in [-0.2, -0.15) is 10.5 Å². The van der Waals surface area contributed by atoms with Gasteiger partial charge >= 0.3 is 0 Å². The molecule has 0 aliphatic heterocycles. The quantitative estimate of drug-likeness (QED) is 0.125. The van der Waals surface area contributed by atoms with E-state index in [0.717, 1.165) is 39.0 Å². The van der Waals surface area contributed by atoms with Crippen LogP contribution in [-0.4, -0.2) is 12.5 Å². The second-order valence-corrected chi connectivity index (χ2v) is 10.4. The number of amides is 1. The highest BCUT2D eigenvalue weighted by atomic mass is 16.1. The summed E-state index contributed by atoms with van der Waals surface area (Å²) < 4.78 is 0. The van der Waals surface area contributed by atoms with Crippen LogP contribution in [0.2, 0.25) is 0 Å². The van der Waals surface area contributed by atoms with E-state index in [4.69, 9.17) is 0 Å². The Morgan fingerprint density at radius 3 is 1.42 bits per heavy atom. The van der Waals surface area contributed by atoms with Crippen molar-refractivity contribution in [1.29, 1.82) is 10.5 Å². The minimum atomic E-state index is -0.429. The summed E-state index contributed by atoms with van der Waals surface area (Å²) in [5.41, 5.74) is 7.75. The van der Waals surface area contributed by atoms with Gasteiger partial charge in [0.2, 0.25) is 0 Å². The van der Waals surface area contributed by atoms with Gasteiger partial charge in [0.1, 0.15) is 11.6 Å². The van der Waals surface area contributed by atoms with E-state index in [1.165, 1.54) is 0 Å². The normalized spacial score (nSPS) is 10.2. The summed E-state index contributed by atoms with van der Waals surface area (Å²) in [7, 11) is 0. The van der Waals surface area contributed by atoms with Crippen molar-refractivity contribution in [3.05, 3.63) is 190 Å². The number of carbonyl (C=O) groups excluding carboxylic acids is 1. The van der Waals surface area contributed by atoms with Crippen LogP contribution in [0.15, 0.2) is 157 Å². The number of benzene rings is 5. The molecule has 5 heteroatoms. The Kier molecular flexibility index (Phi) is 10.5. The molecule has 1 amide bonds. The van der Waals surface area contributed by atoms with Crippen molar-refractivity contribution in [3.8, 4) is 12.1 Å². The molecule has 0 aromatic heterocycles. The van der Waals surface area contributed by atoms with Crippen molar-refractivity contribution in [2.75, 3.05) is 6.54 Å². The van der Waals surface area contributed by atoms with E-state index in [2.05, 4.69) is 22.8 Å². The summed E-state index contributed by atoms with van der Waals surface area (Å²) in [6.45, 7) is 1.21. The molecule has 0 heterocycles. The molecule has 218 valence electrons. The van der Waals surface area contributed by atoms with E-state index in [1.807, 2.05) is 146 Å². The Labute approximate surface area is 264 Å². The van der Waals surface area contributed by atoms with Crippen LogP contribution in [0.5, 0.6) is 0 Å². The fraction of sp³-hybridized carbons (Fsp3) is 0.0750. The summed E-state index contributed by atoms with van der Waals surface area (Å²) in [5, 5.41) is 26.6. The predicted octanol–water partition coefficient (Wildman–Crippen LogP) is 7.44. The molecule has 5 aromatic rings. The Morgan fingerprint density at radius 1 is 0.533 bits per heavy atom. The number of rotatable bonds is 11. The van der Waals surface area contributed by atoms with Crippen LogP contribution in [0.4, 0.5) is 0 Å². The van der Waals surface area contributed by atoms with Crippen LogP contribution in [0, 0.1) is 22.7 Å². The van der Waals surface area contributed by atoms with Crippen molar-refractivity contribution in [2.45, 2.75) is 13.1 Å². The molecular weight excluding hydrogens is 552 g/mol. The van der Waals surface area contributed by atoms with Crippen LogP contribution in [-0.2, 0) is 17.9 Å². The summed E-state index contributed by atoms with van der Waals surface area (Å²) in [4.78, 5) is 13.4. The Balaban J connectivity index is 1.30. The van der Waals surface area contributed by atoms with Crippen molar-refractivity contribution in [2.24, 2.45) is 0 Å². The first-order chi connectivity index (χ1) is 22.2. The van der Waals surface area contributed by atoms with E-state index in [-0.39, 0.29) is 12.1 Å². The van der Waals surface area contributed by atoms with Gasteiger partial charge in [-0.15, -0.1) is 0 Å². The first kappa shape index (κ1) is 30.4. The van der Waals surface area contributed by atoms with Crippen molar-refractivity contribution < 1.29 is 4.79 Å². The van der Waals surface area contributed by atoms with Crippen LogP contribution >= 0.6 is 0 Å². The molecular formula is C40H32N4O. The second kappa shape index (κ2) is 15.5. The molecule has 45 heavy (non-hydrogen) atoms. The van der Waals surface area contributed by atoms with Crippen LogP contribution in [0.1, 0.15) is 33.4 Å². The molecule has 0 bridgehead atoms. The van der Waals surface area contributed by atoms with E-state index in [0.29, 0.717) is 24.2 Å². The molecule has 0 fully saturated rings.